The highest BCUT2D eigenvalue weighted by molar-refractivity contribution is 5.71. The zero-order chi connectivity index (χ0) is 15.3. The molecule has 1 atom stereocenters. The van der Waals surface area contributed by atoms with Crippen molar-refractivity contribution >= 4 is 5.97 Å². The number of alkyl halides is 3. The first-order valence-electron chi connectivity index (χ1n) is 5.51. The fraction of sp³-hybridized carbons (Fsp3) is 0.308. The van der Waals surface area contributed by atoms with Crippen LogP contribution in [0.2, 0.25) is 0 Å². The van der Waals surface area contributed by atoms with Crippen LogP contribution in [0.5, 0.6) is 0 Å². The molecule has 0 radical (unpaired) electrons. The van der Waals surface area contributed by atoms with E-state index in [0.29, 0.717) is 0 Å². The molecule has 1 unspecified atom stereocenters. The second kappa shape index (κ2) is 6.49. The number of carbonyl (C=O) groups is 1. The van der Waals surface area contributed by atoms with Crippen LogP contribution in [-0.4, -0.2) is 19.3 Å². The molecule has 0 heterocycles. The van der Waals surface area contributed by atoms with Gasteiger partial charge in [-0.05, 0) is 5.56 Å². The lowest BCUT2D eigenvalue weighted by molar-refractivity contribution is -0.141. The molecule has 0 bridgehead atoms. The Bertz CT molecular complexity index is 489. The molecule has 7 heteroatoms. The number of halogens is 5. The van der Waals surface area contributed by atoms with Crippen LogP contribution in [0.1, 0.15) is 17.9 Å². The van der Waals surface area contributed by atoms with Gasteiger partial charge in [0.15, 0.2) is 0 Å². The molecule has 1 aromatic carbocycles. The summed E-state index contributed by atoms with van der Waals surface area (Å²) in [6.45, 7) is 0. The molecule has 0 aliphatic rings. The van der Waals surface area contributed by atoms with Gasteiger partial charge in [-0.15, -0.1) is 0 Å². The molecule has 1 aromatic rings. The van der Waals surface area contributed by atoms with Gasteiger partial charge >= 0.3 is 12.1 Å². The molecule has 0 saturated heterocycles. The molecule has 0 fully saturated rings. The minimum Gasteiger partial charge on any atom is -0.469 e. The van der Waals surface area contributed by atoms with Crippen molar-refractivity contribution < 1.29 is 31.5 Å². The number of esters is 1. The number of hydrogen-bond acceptors (Lipinski definition) is 2. The van der Waals surface area contributed by atoms with Gasteiger partial charge in [0.05, 0.1) is 13.5 Å². The highest BCUT2D eigenvalue weighted by atomic mass is 19.4. The van der Waals surface area contributed by atoms with Gasteiger partial charge in [-0.2, -0.15) is 22.0 Å². The Balaban J connectivity index is 3.30. The summed E-state index contributed by atoms with van der Waals surface area (Å²) in [5.41, 5.74) is -2.05. The Morgan fingerprint density at radius 2 is 1.75 bits per heavy atom. The average Bonchev–Trinajstić information content (AvgIpc) is 2.36. The molecule has 2 nitrogen and oxygen atoms in total. The van der Waals surface area contributed by atoms with Crippen molar-refractivity contribution in [2.24, 2.45) is 0 Å². The summed E-state index contributed by atoms with van der Waals surface area (Å²) in [7, 11) is 0.979. The Morgan fingerprint density at radius 1 is 1.20 bits per heavy atom. The van der Waals surface area contributed by atoms with Gasteiger partial charge in [0.25, 0.3) is 6.08 Å². The van der Waals surface area contributed by atoms with E-state index in [2.05, 4.69) is 4.74 Å². The lowest BCUT2D eigenvalue weighted by Crippen LogP contribution is -2.22. The van der Waals surface area contributed by atoms with Crippen molar-refractivity contribution in [3.63, 3.8) is 0 Å². The minimum absolute atomic E-state index is 0.0296. The third kappa shape index (κ3) is 4.04. The summed E-state index contributed by atoms with van der Waals surface area (Å²) < 4.78 is 68.0. The summed E-state index contributed by atoms with van der Waals surface area (Å²) in [6.07, 6.45) is -8.89. The van der Waals surface area contributed by atoms with E-state index >= 15 is 0 Å². The number of rotatable bonds is 4. The molecular formula is C13H11F5O2. The number of allylic oxidation sites excluding steroid dienone is 1. The second-order valence-electron chi connectivity index (χ2n) is 3.92. The largest absolute Gasteiger partial charge is 0.469 e. The summed E-state index contributed by atoms with van der Waals surface area (Å²) in [5, 5.41) is 0. The van der Waals surface area contributed by atoms with Gasteiger partial charge in [0, 0.05) is 5.92 Å². The molecule has 0 amide bonds. The zero-order valence-corrected chi connectivity index (χ0v) is 10.4. The molecule has 0 aliphatic heterocycles. The number of benzene rings is 1. The molecule has 1 rings (SSSR count). The lowest BCUT2D eigenvalue weighted by Gasteiger charge is -2.21. The maximum Gasteiger partial charge on any atom is 0.418 e. The third-order valence-electron chi connectivity index (χ3n) is 2.66. The smallest absolute Gasteiger partial charge is 0.418 e. The molecule has 0 aliphatic carbocycles. The van der Waals surface area contributed by atoms with E-state index in [4.69, 9.17) is 0 Å². The highest BCUT2D eigenvalue weighted by Gasteiger charge is 2.44. The lowest BCUT2D eigenvalue weighted by atomic mass is 9.88. The Hall–Kier alpha value is -1.92. The van der Waals surface area contributed by atoms with Crippen LogP contribution in [0.15, 0.2) is 42.0 Å². The van der Waals surface area contributed by atoms with E-state index in [0.717, 1.165) is 7.11 Å². The number of hydrogen-bond donors (Lipinski definition) is 0. The molecule has 110 valence electrons. The Morgan fingerprint density at radius 3 is 2.15 bits per heavy atom. The van der Waals surface area contributed by atoms with E-state index in [1.807, 2.05) is 0 Å². The molecule has 0 N–H and O–H groups in total. The Kier molecular flexibility index (Phi) is 5.24. The first-order valence-corrected chi connectivity index (χ1v) is 5.51. The maximum absolute atomic E-state index is 12.8. The fourth-order valence-corrected chi connectivity index (χ4v) is 1.76. The number of ether oxygens (including phenoxy) is 1. The van der Waals surface area contributed by atoms with Gasteiger partial charge in [-0.3, -0.25) is 4.79 Å². The summed E-state index contributed by atoms with van der Waals surface area (Å²) in [6, 6.07) is 6.85. The SMILES string of the molecule is COC(=O)CC(C(=C(F)F)C(F)(F)F)c1ccccc1. The minimum atomic E-state index is -5.23. The van der Waals surface area contributed by atoms with E-state index in [1.54, 1.807) is 0 Å². The van der Waals surface area contributed by atoms with Crippen molar-refractivity contribution in [1.82, 2.24) is 0 Å². The normalized spacial score (nSPS) is 12.7. The van der Waals surface area contributed by atoms with Crippen molar-refractivity contribution in [2.45, 2.75) is 18.5 Å². The monoisotopic (exact) mass is 294 g/mol. The van der Waals surface area contributed by atoms with Crippen molar-refractivity contribution in [3.05, 3.63) is 47.5 Å². The topological polar surface area (TPSA) is 26.3 Å². The van der Waals surface area contributed by atoms with Crippen molar-refractivity contribution in [1.29, 1.82) is 0 Å². The van der Waals surface area contributed by atoms with E-state index in [-0.39, 0.29) is 5.56 Å². The van der Waals surface area contributed by atoms with E-state index < -0.39 is 36.1 Å². The van der Waals surface area contributed by atoms with Crippen LogP contribution in [0.4, 0.5) is 22.0 Å². The van der Waals surface area contributed by atoms with Gasteiger partial charge in [0.2, 0.25) is 0 Å². The predicted molar refractivity (Wildman–Crippen MR) is 61.1 cm³/mol. The summed E-state index contributed by atoms with van der Waals surface area (Å²) in [4.78, 5) is 11.2. The highest BCUT2D eigenvalue weighted by Crippen LogP contribution is 2.41. The fourth-order valence-electron chi connectivity index (χ4n) is 1.76. The van der Waals surface area contributed by atoms with Crippen molar-refractivity contribution in [3.8, 4) is 0 Å². The van der Waals surface area contributed by atoms with Crippen LogP contribution < -0.4 is 0 Å². The maximum atomic E-state index is 12.8. The van der Waals surface area contributed by atoms with Crippen LogP contribution in [-0.2, 0) is 9.53 Å². The van der Waals surface area contributed by atoms with Gasteiger partial charge in [-0.25, -0.2) is 0 Å². The first-order chi connectivity index (χ1) is 9.27. The third-order valence-corrected chi connectivity index (χ3v) is 2.66. The quantitative estimate of drug-likeness (QED) is 0.618. The van der Waals surface area contributed by atoms with Crippen LogP contribution in [0, 0.1) is 0 Å². The molecule has 20 heavy (non-hydrogen) atoms. The first kappa shape index (κ1) is 16.1. The van der Waals surface area contributed by atoms with Gasteiger partial charge < -0.3 is 4.74 Å². The van der Waals surface area contributed by atoms with Gasteiger partial charge in [-0.1, -0.05) is 30.3 Å². The van der Waals surface area contributed by atoms with Crippen LogP contribution in [0.3, 0.4) is 0 Å². The van der Waals surface area contributed by atoms with Crippen LogP contribution >= 0.6 is 0 Å². The molecule has 0 saturated carbocycles. The average molecular weight is 294 g/mol. The molecular weight excluding hydrogens is 283 g/mol. The van der Waals surface area contributed by atoms with Crippen molar-refractivity contribution in [2.75, 3.05) is 7.11 Å². The van der Waals surface area contributed by atoms with E-state index in [9.17, 15) is 26.7 Å². The summed E-state index contributed by atoms with van der Waals surface area (Å²) >= 11 is 0. The van der Waals surface area contributed by atoms with Crippen LogP contribution in [0.25, 0.3) is 0 Å². The zero-order valence-electron chi connectivity index (χ0n) is 10.4. The molecule has 0 aromatic heterocycles. The number of methoxy groups -OCH3 is 1. The predicted octanol–water partition coefficient (Wildman–Crippen LogP) is 4.05. The number of carbonyl (C=O) groups excluding carboxylic acids is 1. The van der Waals surface area contributed by atoms with E-state index in [1.165, 1.54) is 30.3 Å². The second-order valence-corrected chi connectivity index (χ2v) is 3.92. The Labute approximate surface area is 111 Å². The van der Waals surface area contributed by atoms with Gasteiger partial charge in [0.1, 0.15) is 5.57 Å². The standard InChI is InChI=1S/C13H11F5O2/c1-20-10(19)7-9(8-5-3-2-4-6-8)11(12(14)15)13(16,17)18/h2-6,9H,7H2,1H3. The summed E-state index contributed by atoms with van der Waals surface area (Å²) in [5.74, 6) is -2.80. The molecule has 0 spiro atoms.